The summed E-state index contributed by atoms with van der Waals surface area (Å²) in [6.45, 7) is 2.06. The lowest BCUT2D eigenvalue weighted by atomic mass is 10.0. The summed E-state index contributed by atoms with van der Waals surface area (Å²) >= 11 is 0.765. The predicted octanol–water partition coefficient (Wildman–Crippen LogP) is 4.09. The second-order valence-corrected chi connectivity index (χ2v) is 7.73. The first-order chi connectivity index (χ1) is 14.6. The zero-order chi connectivity index (χ0) is 23.0. The van der Waals surface area contributed by atoms with Crippen LogP contribution in [-0.2, 0) is 17.8 Å². The first kappa shape index (κ1) is 24.4. The SMILES string of the molecule is CNCc1ccc(CC(NC(C)=O)C(=N)SC(=N)c2cccc(OC(F)(F)F)c2)cc1. The van der Waals surface area contributed by atoms with Gasteiger partial charge in [0.25, 0.3) is 0 Å². The Kier molecular flexibility index (Phi) is 8.64. The molecule has 2 rings (SSSR count). The summed E-state index contributed by atoms with van der Waals surface area (Å²) in [7, 11) is 1.85. The summed E-state index contributed by atoms with van der Waals surface area (Å²) in [4.78, 5) is 11.6. The van der Waals surface area contributed by atoms with Crippen LogP contribution in [0.4, 0.5) is 13.2 Å². The summed E-state index contributed by atoms with van der Waals surface area (Å²) in [6.07, 6.45) is -4.49. The zero-order valence-electron chi connectivity index (χ0n) is 17.0. The van der Waals surface area contributed by atoms with Crippen LogP contribution in [-0.4, -0.2) is 35.4 Å². The fraction of sp³-hybridized carbons (Fsp3) is 0.286. The number of amides is 1. The number of benzene rings is 2. The van der Waals surface area contributed by atoms with Gasteiger partial charge >= 0.3 is 6.36 Å². The summed E-state index contributed by atoms with van der Waals surface area (Å²) in [5.74, 6) is -0.767. The number of hydrogen-bond acceptors (Lipinski definition) is 6. The first-order valence-electron chi connectivity index (χ1n) is 9.28. The molecule has 0 aromatic heterocycles. The topological polar surface area (TPSA) is 98.1 Å². The van der Waals surface area contributed by atoms with E-state index in [0.717, 1.165) is 41.6 Å². The fourth-order valence-electron chi connectivity index (χ4n) is 2.76. The third kappa shape index (κ3) is 8.42. The quantitative estimate of drug-likeness (QED) is 0.358. The highest BCUT2D eigenvalue weighted by Crippen LogP contribution is 2.25. The van der Waals surface area contributed by atoms with Crippen LogP contribution in [0.5, 0.6) is 5.75 Å². The van der Waals surface area contributed by atoms with Gasteiger partial charge in [-0.1, -0.05) is 48.2 Å². The molecule has 0 radical (unpaired) electrons. The lowest BCUT2D eigenvalue weighted by Crippen LogP contribution is -2.40. The van der Waals surface area contributed by atoms with Gasteiger partial charge in [0.05, 0.1) is 11.1 Å². The maximum atomic E-state index is 12.4. The molecule has 0 fully saturated rings. The van der Waals surface area contributed by atoms with Crippen LogP contribution in [0.15, 0.2) is 48.5 Å². The Balaban J connectivity index is 2.10. The number of halogens is 3. The van der Waals surface area contributed by atoms with E-state index < -0.39 is 18.2 Å². The van der Waals surface area contributed by atoms with Crippen molar-refractivity contribution in [3.63, 3.8) is 0 Å². The molecule has 1 amide bonds. The highest BCUT2D eigenvalue weighted by atomic mass is 32.2. The molecular weight excluding hydrogens is 429 g/mol. The van der Waals surface area contributed by atoms with Crippen molar-refractivity contribution in [1.82, 2.24) is 10.6 Å². The Labute approximate surface area is 182 Å². The van der Waals surface area contributed by atoms with Crippen LogP contribution < -0.4 is 15.4 Å². The summed E-state index contributed by atoms with van der Waals surface area (Å²) in [5, 5.41) is 22.2. The highest BCUT2D eigenvalue weighted by molar-refractivity contribution is 8.26. The number of thioether (sulfide) groups is 1. The van der Waals surface area contributed by atoms with E-state index in [1.54, 1.807) is 0 Å². The smallest absolute Gasteiger partial charge is 0.406 e. The minimum absolute atomic E-state index is 0.00152. The van der Waals surface area contributed by atoms with Crippen molar-refractivity contribution < 1.29 is 22.7 Å². The van der Waals surface area contributed by atoms with Crippen LogP contribution in [0.2, 0.25) is 0 Å². The molecule has 2 aromatic carbocycles. The molecule has 0 aliphatic rings. The Bertz CT molecular complexity index is 933. The summed E-state index contributed by atoms with van der Waals surface area (Å²) in [5.41, 5.74) is 2.17. The minimum Gasteiger partial charge on any atom is -0.406 e. The predicted molar refractivity (Wildman–Crippen MR) is 116 cm³/mol. The van der Waals surface area contributed by atoms with Gasteiger partial charge in [0, 0.05) is 19.0 Å². The molecule has 1 unspecified atom stereocenters. The van der Waals surface area contributed by atoms with Gasteiger partial charge in [0.15, 0.2) is 0 Å². The van der Waals surface area contributed by atoms with Crippen LogP contribution in [0.3, 0.4) is 0 Å². The number of alkyl halides is 3. The average molecular weight is 453 g/mol. The fourth-order valence-corrected chi connectivity index (χ4v) is 3.51. The van der Waals surface area contributed by atoms with Crippen molar-refractivity contribution in [2.75, 3.05) is 7.05 Å². The van der Waals surface area contributed by atoms with Crippen LogP contribution in [0.25, 0.3) is 0 Å². The van der Waals surface area contributed by atoms with Crippen molar-refractivity contribution in [1.29, 1.82) is 10.8 Å². The van der Waals surface area contributed by atoms with E-state index in [0.29, 0.717) is 6.42 Å². The Hall–Kier alpha value is -2.85. The first-order valence-corrected chi connectivity index (χ1v) is 10.1. The van der Waals surface area contributed by atoms with Gasteiger partial charge in [0.1, 0.15) is 10.8 Å². The number of carbonyl (C=O) groups is 1. The lowest BCUT2D eigenvalue weighted by Gasteiger charge is -2.19. The van der Waals surface area contributed by atoms with E-state index >= 15 is 0 Å². The van der Waals surface area contributed by atoms with Crippen molar-refractivity contribution in [2.24, 2.45) is 0 Å². The molecule has 166 valence electrons. The van der Waals surface area contributed by atoms with E-state index in [-0.39, 0.29) is 21.6 Å². The van der Waals surface area contributed by atoms with Gasteiger partial charge in [-0.25, -0.2) is 0 Å². The number of nitrogens with one attached hydrogen (secondary N) is 4. The van der Waals surface area contributed by atoms with Gasteiger partial charge < -0.3 is 15.4 Å². The number of ether oxygens (including phenoxy) is 1. The number of rotatable bonds is 8. The molecule has 0 bridgehead atoms. The summed E-state index contributed by atoms with van der Waals surface area (Å²) in [6, 6.07) is 12.1. The lowest BCUT2D eigenvalue weighted by molar-refractivity contribution is -0.274. The Morgan fingerprint density at radius 3 is 2.35 bits per heavy atom. The molecule has 0 spiro atoms. The minimum atomic E-state index is -4.83. The maximum absolute atomic E-state index is 12.4. The standard InChI is InChI=1S/C21H23F3N4O2S/c1-13(29)28-18(10-14-6-8-15(9-7-14)12-27-2)20(26)31-19(25)16-4-3-5-17(11-16)30-21(22,23)24/h3-9,11,18,25-27H,10,12H2,1-2H3,(H,28,29). The second kappa shape index (κ2) is 11.0. The van der Waals surface area contributed by atoms with Gasteiger partial charge in [-0.2, -0.15) is 0 Å². The third-order valence-corrected chi connectivity index (χ3v) is 5.02. The molecule has 0 aliphatic carbocycles. The third-order valence-electron chi connectivity index (χ3n) is 4.08. The van der Waals surface area contributed by atoms with E-state index in [2.05, 4.69) is 15.4 Å². The normalized spacial score (nSPS) is 12.2. The largest absolute Gasteiger partial charge is 0.573 e. The van der Waals surface area contributed by atoms with E-state index in [1.165, 1.54) is 19.1 Å². The van der Waals surface area contributed by atoms with Crippen molar-refractivity contribution in [2.45, 2.75) is 32.3 Å². The molecule has 6 nitrogen and oxygen atoms in total. The van der Waals surface area contributed by atoms with Crippen molar-refractivity contribution in [3.8, 4) is 5.75 Å². The molecule has 4 N–H and O–H groups in total. The van der Waals surface area contributed by atoms with Crippen LogP contribution >= 0.6 is 11.8 Å². The van der Waals surface area contributed by atoms with Crippen molar-refractivity contribution in [3.05, 3.63) is 65.2 Å². The molecule has 0 saturated carbocycles. The molecular formula is C21H23F3N4O2S. The van der Waals surface area contributed by atoms with Crippen LogP contribution in [0, 0.1) is 10.8 Å². The molecule has 10 heteroatoms. The second-order valence-electron chi connectivity index (χ2n) is 6.68. The van der Waals surface area contributed by atoms with Crippen LogP contribution in [0.1, 0.15) is 23.6 Å². The number of hydrogen-bond donors (Lipinski definition) is 4. The Morgan fingerprint density at radius 2 is 1.77 bits per heavy atom. The zero-order valence-corrected chi connectivity index (χ0v) is 17.8. The molecule has 31 heavy (non-hydrogen) atoms. The molecule has 0 saturated heterocycles. The van der Waals surface area contributed by atoms with E-state index in [9.17, 15) is 18.0 Å². The van der Waals surface area contributed by atoms with Gasteiger partial charge in [-0.3, -0.25) is 15.6 Å². The number of carbonyl (C=O) groups excluding carboxylic acids is 1. The molecule has 2 aromatic rings. The van der Waals surface area contributed by atoms with E-state index in [4.69, 9.17) is 10.8 Å². The summed E-state index contributed by atoms with van der Waals surface area (Å²) < 4.78 is 41.2. The molecule has 0 heterocycles. The monoisotopic (exact) mass is 452 g/mol. The van der Waals surface area contributed by atoms with Gasteiger partial charge in [0.2, 0.25) is 5.91 Å². The average Bonchev–Trinajstić information content (AvgIpc) is 2.67. The Morgan fingerprint density at radius 1 is 1.13 bits per heavy atom. The van der Waals surface area contributed by atoms with Gasteiger partial charge in [-0.05, 0) is 36.7 Å². The van der Waals surface area contributed by atoms with Crippen molar-refractivity contribution >= 4 is 27.8 Å². The van der Waals surface area contributed by atoms with E-state index in [1.807, 2.05) is 31.3 Å². The molecule has 1 atom stereocenters. The highest BCUT2D eigenvalue weighted by Gasteiger charge is 2.31. The van der Waals surface area contributed by atoms with Gasteiger partial charge in [-0.15, -0.1) is 13.2 Å². The molecule has 0 aliphatic heterocycles. The maximum Gasteiger partial charge on any atom is 0.573 e.